The molecule has 0 bridgehead atoms. The van der Waals surface area contributed by atoms with Crippen molar-refractivity contribution in [3.8, 4) is 11.5 Å². The number of ether oxygens (including phenoxy) is 1. The van der Waals surface area contributed by atoms with Crippen LogP contribution in [0.4, 0.5) is 5.69 Å². The van der Waals surface area contributed by atoms with E-state index in [1.165, 1.54) is 24.3 Å². The fourth-order valence-corrected chi connectivity index (χ4v) is 5.70. The van der Waals surface area contributed by atoms with Crippen molar-refractivity contribution in [1.29, 1.82) is 0 Å². The highest BCUT2D eigenvalue weighted by atomic mass is 32.2. The Bertz CT molecular complexity index is 1970. The molecular weight excluding hydrogens is 598 g/mol. The fourth-order valence-electron chi connectivity index (χ4n) is 4.88. The van der Waals surface area contributed by atoms with Gasteiger partial charge in [-0.25, -0.2) is 4.79 Å². The van der Waals surface area contributed by atoms with Gasteiger partial charge in [-0.1, -0.05) is 42.0 Å². The first-order valence-electron chi connectivity index (χ1n) is 13.8. The second kappa shape index (κ2) is 12.2. The summed E-state index contributed by atoms with van der Waals surface area (Å²) in [4.78, 5) is 43.0. The largest absolute Gasteiger partial charge is 0.508 e. The van der Waals surface area contributed by atoms with Gasteiger partial charge in [0, 0.05) is 17.3 Å². The number of hydrogen-bond acceptors (Lipinski definition) is 9. The molecule has 4 aromatic carbocycles. The Morgan fingerprint density at radius 1 is 0.889 bits per heavy atom. The summed E-state index contributed by atoms with van der Waals surface area (Å²) < 4.78 is 32.1. The first-order chi connectivity index (χ1) is 21.4. The zero-order valence-electron chi connectivity index (χ0n) is 24.4. The Balaban J connectivity index is 1.67. The van der Waals surface area contributed by atoms with E-state index in [0.717, 1.165) is 34.9 Å². The molecule has 230 valence electrons. The molecule has 4 aromatic rings. The summed E-state index contributed by atoms with van der Waals surface area (Å²) >= 11 is 0. The van der Waals surface area contributed by atoms with Crippen molar-refractivity contribution < 1.29 is 37.8 Å². The Morgan fingerprint density at radius 2 is 1.60 bits per heavy atom. The van der Waals surface area contributed by atoms with E-state index in [-0.39, 0.29) is 27.3 Å². The first-order valence-corrected chi connectivity index (χ1v) is 15.2. The van der Waals surface area contributed by atoms with Gasteiger partial charge in [-0.05, 0) is 74.4 Å². The van der Waals surface area contributed by atoms with E-state index in [9.17, 15) is 33.0 Å². The lowest BCUT2D eigenvalue weighted by molar-refractivity contribution is -0.110. The Labute approximate surface area is 259 Å². The monoisotopic (exact) mass is 627 g/mol. The van der Waals surface area contributed by atoms with Crippen LogP contribution in [-0.4, -0.2) is 42.0 Å². The van der Waals surface area contributed by atoms with Crippen molar-refractivity contribution >= 4 is 39.1 Å². The summed E-state index contributed by atoms with van der Waals surface area (Å²) in [7, 11) is -4.34. The van der Waals surface area contributed by atoms with Gasteiger partial charge in [-0.3, -0.25) is 9.59 Å². The molecule has 5 rings (SSSR count). The number of hydrogen-bond donors (Lipinski definition) is 4. The number of aromatic hydroxyl groups is 2. The maximum absolute atomic E-state index is 14.2. The predicted molar refractivity (Wildman–Crippen MR) is 166 cm³/mol. The number of phenolic OH excluding ortho intramolecular Hbond substituents is 2. The van der Waals surface area contributed by atoms with Crippen molar-refractivity contribution in [3.63, 3.8) is 0 Å². The maximum Gasteiger partial charge on any atom is 0.339 e. The predicted octanol–water partition coefficient (Wildman–Crippen LogP) is 4.71. The molecule has 0 saturated heterocycles. The van der Waals surface area contributed by atoms with Crippen LogP contribution in [0, 0.1) is 26.7 Å². The number of phenols is 2. The third-order valence-electron chi connectivity index (χ3n) is 7.46. The number of ketones is 1. The number of aryl methyl sites for hydroxylation is 3. The van der Waals surface area contributed by atoms with Gasteiger partial charge in [0.2, 0.25) is 0 Å². The Hall–Kier alpha value is -5.49. The fraction of sp³-hybridized carbons (Fsp3) is 0.152. The molecular formula is C33H29N3O8S. The van der Waals surface area contributed by atoms with Crippen molar-refractivity contribution in [2.75, 3.05) is 5.32 Å². The SMILES string of the molecule is Cc1ccc(S(=O)(=O)NN=C(C(=O)Nc2ccc(C)c(C)c2)C(C(=O)c2ccc(O)cc2O)C2OC(=O)c3ccccc32)cc1. The average molecular weight is 628 g/mol. The molecule has 1 amide bonds. The lowest BCUT2D eigenvalue weighted by atomic mass is 9.83. The summed E-state index contributed by atoms with van der Waals surface area (Å²) in [6.45, 7) is 5.51. The number of rotatable bonds is 9. The van der Waals surface area contributed by atoms with Crippen molar-refractivity contribution in [2.24, 2.45) is 11.0 Å². The summed E-state index contributed by atoms with van der Waals surface area (Å²) in [5.41, 5.74) is 2.38. The topological polar surface area (TPSA) is 171 Å². The van der Waals surface area contributed by atoms with E-state index in [4.69, 9.17) is 4.74 Å². The van der Waals surface area contributed by atoms with Crippen LogP contribution >= 0.6 is 0 Å². The molecule has 0 fully saturated rings. The second-order valence-electron chi connectivity index (χ2n) is 10.6. The van der Waals surface area contributed by atoms with Crippen LogP contribution in [0.25, 0.3) is 0 Å². The highest BCUT2D eigenvalue weighted by Crippen LogP contribution is 2.40. The molecule has 0 aliphatic carbocycles. The standard InChI is InChI=1S/C33H29N3O8S/c1-18-8-13-23(14-9-18)45(42,43)36-35-29(32(40)34-21-11-10-19(2)20(3)16-21)28(30(39)26-15-12-22(37)17-27(26)38)31-24-6-4-5-7-25(24)33(41)44-31/h4-17,28,31,36-38H,1-3H3,(H,34,40). The van der Waals surface area contributed by atoms with Crippen molar-refractivity contribution in [2.45, 2.75) is 31.8 Å². The molecule has 1 aliphatic heterocycles. The first kappa shape index (κ1) is 31.0. The number of nitrogens with zero attached hydrogens (tertiary/aromatic N) is 1. The molecule has 45 heavy (non-hydrogen) atoms. The minimum atomic E-state index is -4.34. The van der Waals surface area contributed by atoms with Gasteiger partial charge in [0.1, 0.15) is 29.2 Å². The summed E-state index contributed by atoms with van der Waals surface area (Å²) in [6.07, 6.45) is -1.43. The van der Waals surface area contributed by atoms with E-state index < -0.39 is 51.2 Å². The number of anilines is 1. The summed E-state index contributed by atoms with van der Waals surface area (Å²) in [5.74, 6) is -5.35. The number of cyclic esters (lactones) is 1. The van der Waals surface area contributed by atoms with Crippen molar-refractivity contribution in [3.05, 3.63) is 118 Å². The van der Waals surface area contributed by atoms with Crippen LogP contribution in [0.2, 0.25) is 0 Å². The minimum absolute atomic E-state index is 0.143. The van der Waals surface area contributed by atoms with Crippen molar-refractivity contribution in [1.82, 2.24) is 4.83 Å². The number of hydrazone groups is 1. The number of nitrogens with one attached hydrogen (secondary N) is 2. The maximum atomic E-state index is 14.2. The van der Waals surface area contributed by atoms with E-state index >= 15 is 0 Å². The van der Waals surface area contributed by atoms with Gasteiger partial charge >= 0.3 is 5.97 Å². The third-order valence-corrected chi connectivity index (χ3v) is 8.69. The zero-order valence-corrected chi connectivity index (χ0v) is 25.3. The smallest absolute Gasteiger partial charge is 0.339 e. The third kappa shape index (κ3) is 6.41. The summed E-state index contributed by atoms with van der Waals surface area (Å²) in [6, 6.07) is 20.4. The lowest BCUT2D eigenvalue weighted by Gasteiger charge is -2.24. The number of sulfonamides is 1. The molecule has 11 nitrogen and oxygen atoms in total. The van der Waals surface area contributed by atoms with Crippen LogP contribution in [-0.2, 0) is 19.6 Å². The van der Waals surface area contributed by atoms with Crippen LogP contribution in [0.1, 0.15) is 49.1 Å². The number of carbonyl (C=O) groups is 3. The molecule has 4 N–H and O–H groups in total. The molecule has 0 aromatic heterocycles. The van der Waals surface area contributed by atoms with Gasteiger partial charge in [0.25, 0.3) is 15.9 Å². The molecule has 2 atom stereocenters. The van der Waals surface area contributed by atoms with E-state index in [1.807, 2.05) is 13.8 Å². The number of Topliss-reactive ketones (excluding diaryl/α,β-unsaturated/α-hetero) is 1. The lowest BCUT2D eigenvalue weighted by Crippen LogP contribution is -2.40. The van der Waals surface area contributed by atoms with E-state index in [0.29, 0.717) is 5.69 Å². The average Bonchev–Trinajstić information content (AvgIpc) is 3.32. The summed E-state index contributed by atoms with van der Waals surface area (Å²) in [5, 5.41) is 27.1. The highest BCUT2D eigenvalue weighted by Gasteiger charge is 2.46. The second-order valence-corrected chi connectivity index (χ2v) is 12.3. The van der Waals surface area contributed by atoms with Gasteiger partial charge in [0.05, 0.1) is 16.0 Å². The number of esters is 1. The van der Waals surface area contributed by atoms with Crippen LogP contribution < -0.4 is 10.1 Å². The quantitative estimate of drug-likeness (QED) is 0.0895. The number of amides is 1. The number of carbonyl (C=O) groups excluding carboxylic acids is 3. The molecule has 1 aliphatic rings. The molecule has 0 spiro atoms. The van der Waals surface area contributed by atoms with E-state index in [2.05, 4.69) is 15.2 Å². The highest BCUT2D eigenvalue weighted by molar-refractivity contribution is 7.89. The van der Waals surface area contributed by atoms with E-state index in [1.54, 1.807) is 49.4 Å². The number of benzene rings is 4. The minimum Gasteiger partial charge on any atom is -0.508 e. The molecule has 1 heterocycles. The molecule has 2 unspecified atom stereocenters. The number of fused-ring (bicyclic) bond motifs is 1. The zero-order chi connectivity index (χ0) is 32.5. The van der Waals surface area contributed by atoms with Gasteiger partial charge in [-0.15, -0.1) is 0 Å². The van der Waals surface area contributed by atoms with Crippen LogP contribution in [0.15, 0.2) is 94.9 Å². The molecule has 12 heteroatoms. The van der Waals surface area contributed by atoms with Gasteiger partial charge in [0.15, 0.2) is 5.78 Å². The Kier molecular flexibility index (Phi) is 8.42. The van der Waals surface area contributed by atoms with Gasteiger partial charge < -0.3 is 20.3 Å². The van der Waals surface area contributed by atoms with Crippen LogP contribution in [0.3, 0.4) is 0 Å². The Morgan fingerprint density at radius 3 is 2.29 bits per heavy atom. The van der Waals surface area contributed by atoms with Gasteiger partial charge in [-0.2, -0.15) is 18.4 Å². The molecule has 0 saturated carbocycles. The molecule has 0 radical (unpaired) electrons. The normalized spacial score (nSPS) is 15.1. The van der Waals surface area contributed by atoms with Crippen LogP contribution in [0.5, 0.6) is 11.5 Å².